The molecule has 1 amide bonds. The first-order valence-electron chi connectivity index (χ1n) is 8.52. The Labute approximate surface area is 165 Å². The highest BCUT2D eigenvalue weighted by molar-refractivity contribution is 6.30. The maximum absolute atomic E-state index is 12.6. The zero-order valence-electron chi connectivity index (χ0n) is 15.2. The number of carbonyl (C=O) groups is 1. The molecule has 2 heterocycles. The van der Waals surface area contributed by atoms with Gasteiger partial charge in [0.25, 0.3) is 5.91 Å². The second kappa shape index (κ2) is 8.17. The Balaban J connectivity index is 1.70. The van der Waals surface area contributed by atoms with Crippen molar-refractivity contribution in [2.45, 2.75) is 32.9 Å². The molecule has 146 valence electrons. The minimum Gasteiger partial charge on any atom is -0.358 e. The number of halogens is 1. The second-order valence-electron chi connectivity index (χ2n) is 6.15. The van der Waals surface area contributed by atoms with E-state index < -0.39 is 16.9 Å². The molecule has 0 bridgehead atoms. The summed E-state index contributed by atoms with van der Waals surface area (Å²) < 4.78 is 2.93. The van der Waals surface area contributed by atoms with E-state index in [0.29, 0.717) is 23.7 Å². The Hall–Kier alpha value is -3.27. The summed E-state index contributed by atoms with van der Waals surface area (Å²) in [6.07, 6.45) is 1.91. The summed E-state index contributed by atoms with van der Waals surface area (Å²) in [5, 5.41) is 22.3. The molecule has 1 atom stereocenters. The highest BCUT2D eigenvalue weighted by atomic mass is 35.5. The molecule has 0 fully saturated rings. The molecule has 3 rings (SSSR count). The van der Waals surface area contributed by atoms with Crippen LogP contribution in [0.2, 0.25) is 5.02 Å². The van der Waals surface area contributed by atoms with Gasteiger partial charge in [-0.05, 0) is 36.0 Å². The van der Waals surface area contributed by atoms with Crippen LogP contribution >= 0.6 is 11.6 Å². The lowest BCUT2D eigenvalue weighted by atomic mass is 10.2. The fraction of sp³-hybridized carbons (Fsp3) is 0.294. The molecule has 2 aromatic heterocycles. The summed E-state index contributed by atoms with van der Waals surface area (Å²) in [6.45, 7) is 3.93. The van der Waals surface area contributed by atoms with E-state index in [9.17, 15) is 14.9 Å². The smallest absolute Gasteiger partial charge is 0.358 e. The minimum absolute atomic E-state index is 0.150. The molecule has 11 heteroatoms. The summed E-state index contributed by atoms with van der Waals surface area (Å²) in [4.78, 5) is 27.0. The molecule has 0 spiro atoms. The number of amides is 1. The maximum atomic E-state index is 12.6. The van der Waals surface area contributed by atoms with Crippen LogP contribution in [-0.4, -0.2) is 35.4 Å². The summed E-state index contributed by atoms with van der Waals surface area (Å²) in [5.41, 5.74) is 1.51. The van der Waals surface area contributed by atoms with Crippen LogP contribution in [0.3, 0.4) is 0 Å². The lowest BCUT2D eigenvalue weighted by molar-refractivity contribution is -0.389. The van der Waals surface area contributed by atoms with Crippen molar-refractivity contribution >= 4 is 29.3 Å². The fourth-order valence-corrected chi connectivity index (χ4v) is 2.87. The van der Waals surface area contributed by atoms with Gasteiger partial charge in [-0.1, -0.05) is 30.7 Å². The van der Waals surface area contributed by atoms with Gasteiger partial charge in [0.15, 0.2) is 6.04 Å². The number of aromatic nitrogens is 5. The van der Waals surface area contributed by atoms with Crippen molar-refractivity contribution in [2.24, 2.45) is 0 Å². The van der Waals surface area contributed by atoms with Gasteiger partial charge in [0.1, 0.15) is 6.33 Å². The van der Waals surface area contributed by atoms with Gasteiger partial charge in [0.2, 0.25) is 5.95 Å². The zero-order valence-corrected chi connectivity index (χ0v) is 16.0. The van der Waals surface area contributed by atoms with Crippen LogP contribution in [0.15, 0.2) is 36.7 Å². The number of benzene rings is 1. The first kappa shape index (κ1) is 19.5. The Kier molecular flexibility index (Phi) is 5.69. The Morgan fingerprint density at radius 2 is 2.04 bits per heavy atom. The van der Waals surface area contributed by atoms with E-state index in [1.807, 2.05) is 12.1 Å². The van der Waals surface area contributed by atoms with Crippen LogP contribution in [0.5, 0.6) is 0 Å². The molecule has 3 aromatic rings. The van der Waals surface area contributed by atoms with E-state index in [2.05, 4.69) is 20.5 Å². The molecule has 0 aliphatic rings. The van der Waals surface area contributed by atoms with E-state index in [4.69, 9.17) is 11.6 Å². The lowest BCUT2D eigenvalue weighted by Gasteiger charge is -2.12. The van der Waals surface area contributed by atoms with E-state index in [0.717, 1.165) is 5.56 Å². The molecule has 0 saturated heterocycles. The second-order valence-corrected chi connectivity index (χ2v) is 6.59. The number of aryl methyl sites for hydroxylation is 1. The van der Waals surface area contributed by atoms with E-state index in [-0.39, 0.29) is 11.8 Å². The zero-order chi connectivity index (χ0) is 20.3. The molecule has 28 heavy (non-hydrogen) atoms. The van der Waals surface area contributed by atoms with Crippen LogP contribution in [0, 0.1) is 17.0 Å². The lowest BCUT2D eigenvalue weighted by Crippen LogP contribution is -2.27. The highest BCUT2D eigenvalue weighted by Crippen LogP contribution is 2.20. The third-order valence-corrected chi connectivity index (χ3v) is 4.36. The van der Waals surface area contributed by atoms with Gasteiger partial charge in [-0.15, -0.1) is 5.10 Å². The van der Waals surface area contributed by atoms with Crippen molar-refractivity contribution in [3.05, 3.63) is 63.1 Å². The Morgan fingerprint density at radius 3 is 2.64 bits per heavy atom. The van der Waals surface area contributed by atoms with Gasteiger partial charge in [-0.25, -0.2) is 9.67 Å². The van der Waals surface area contributed by atoms with Crippen LogP contribution < -0.4 is 5.32 Å². The van der Waals surface area contributed by atoms with Gasteiger partial charge in [0.05, 0.1) is 23.4 Å². The molecule has 0 saturated carbocycles. The van der Waals surface area contributed by atoms with Crippen molar-refractivity contribution in [3.8, 4) is 0 Å². The fourth-order valence-electron chi connectivity index (χ4n) is 2.74. The number of rotatable bonds is 7. The number of nitro groups is 1. The minimum atomic E-state index is -0.711. The van der Waals surface area contributed by atoms with Crippen molar-refractivity contribution in [1.82, 2.24) is 24.5 Å². The van der Waals surface area contributed by atoms with Crippen LogP contribution in [0.4, 0.5) is 11.8 Å². The van der Waals surface area contributed by atoms with E-state index in [1.54, 1.807) is 30.7 Å². The maximum Gasteiger partial charge on any atom is 0.390 e. The van der Waals surface area contributed by atoms with Crippen molar-refractivity contribution in [1.29, 1.82) is 0 Å². The monoisotopic (exact) mass is 403 g/mol. The largest absolute Gasteiger partial charge is 0.390 e. The molecule has 0 radical (unpaired) electrons. The molecule has 10 nitrogen and oxygen atoms in total. The van der Waals surface area contributed by atoms with Crippen LogP contribution in [0.1, 0.15) is 30.6 Å². The number of hydrogen-bond donors (Lipinski definition) is 1. The SMILES string of the molecule is CCC(C(=O)Nc1ncn(Cc2ccc(Cl)cc2)n1)n1nc([N+](=O)[O-])cc1C. The van der Waals surface area contributed by atoms with Gasteiger partial charge < -0.3 is 10.1 Å². The first-order valence-corrected chi connectivity index (χ1v) is 8.90. The van der Waals surface area contributed by atoms with Crippen molar-refractivity contribution < 1.29 is 9.72 Å². The van der Waals surface area contributed by atoms with E-state index >= 15 is 0 Å². The van der Waals surface area contributed by atoms with Gasteiger partial charge in [-0.2, -0.15) is 4.68 Å². The van der Waals surface area contributed by atoms with Crippen molar-refractivity contribution in [2.75, 3.05) is 5.32 Å². The van der Waals surface area contributed by atoms with Crippen molar-refractivity contribution in [3.63, 3.8) is 0 Å². The van der Waals surface area contributed by atoms with Gasteiger partial charge >= 0.3 is 5.82 Å². The molecule has 1 N–H and O–H groups in total. The van der Waals surface area contributed by atoms with E-state index in [1.165, 1.54) is 17.1 Å². The molecule has 0 aliphatic carbocycles. The normalized spacial score (nSPS) is 12.0. The standard InChI is InChI=1S/C17H18ClN7O3/c1-3-14(24-11(2)8-15(21-24)25(27)28)16(26)20-17-19-10-23(22-17)9-12-4-6-13(18)7-5-12/h4-8,10,14H,3,9H2,1-2H3,(H,20,22,26). The third kappa shape index (κ3) is 4.34. The predicted molar refractivity (Wildman–Crippen MR) is 102 cm³/mol. The van der Waals surface area contributed by atoms with Crippen LogP contribution in [0.25, 0.3) is 0 Å². The number of nitrogens with zero attached hydrogens (tertiary/aromatic N) is 6. The molecule has 1 aromatic carbocycles. The Morgan fingerprint density at radius 1 is 1.32 bits per heavy atom. The number of nitrogens with one attached hydrogen (secondary N) is 1. The third-order valence-electron chi connectivity index (χ3n) is 4.11. The number of anilines is 1. The average Bonchev–Trinajstić information content (AvgIpc) is 3.25. The highest BCUT2D eigenvalue weighted by Gasteiger charge is 2.27. The summed E-state index contributed by atoms with van der Waals surface area (Å²) in [5.74, 6) is -0.543. The summed E-state index contributed by atoms with van der Waals surface area (Å²) in [7, 11) is 0. The Bertz CT molecular complexity index is 997. The first-order chi connectivity index (χ1) is 13.4. The number of carbonyl (C=O) groups excluding carboxylic acids is 1. The molecular weight excluding hydrogens is 386 g/mol. The molecular formula is C17H18ClN7O3. The van der Waals surface area contributed by atoms with Gasteiger partial charge in [-0.3, -0.25) is 10.1 Å². The average molecular weight is 404 g/mol. The van der Waals surface area contributed by atoms with Crippen LogP contribution in [-0.2, 0) is 11.3 Å². The molecule has 1 unspecified atom stereocenters. The number of hydrogen-bond acceptors (Lipinski definition) is 6. The molecule has 0 aliphatic heterocycles. The topological polar surface area (TPSA) is 121 Å². The van der Waals surface area contributed by atoms with Gasteiger partial charge in [0, 0.05) is 5.02 Å². The summed E-state index contributed by atoms with van der Waals surface area (Å²) >= 11 is 5.87. The predicted octanol–water partition coefficient (Wildman–Crippen LogP) is 2.98. The quantitative estimate of drug-likeness (QED) is 0.478. The summed E-state index contributed by atoms with van der Waals surface area (Å²) in [6, 6.07) is 7.94.